The van der Waals surface area contributed by atoms with Crippen LogP contribution >= 0.6 is 0 Å². The third kappa shape index (κ3) is 3.39. The molecule has 0 radical (unpaired) electrons. The van der Waals surface area contributed by atoms with E-state index in [1.807, 2.05) is 0 Å². The summed E-state index contributed by atoms with van der Waals surface area (Å²) in [5.74, 6) is -1.15. The Morgan fingerprint density at radius 2 is 1.90 bits per heavy atom. The summed E-state index contributed by atoms with van der Waals surface area (Å²) in [6.07, 6.45) is -2.88. The predicted molar refractivity (Wildman–Crippen MR) is 33.3 cm³/mol. The van der Waals surface area contributed by atoms with Crippen molar-refractivity contribution < 1.29 is 20.1 Å². The zero-order chi connectivity index (χ0) is 8.15. The van der Waals surface area contributed by atoms with E-state index in [0.29, 0.717) is 0 Å². The second kappa shape index (κ2) is 4.21. The molecule has 0 heterocycles. The lowest BCUT2D eigenvalue weighted by molar-refractivity contribution is -0.140. The topological polar surface area (TPSA) is 104 Å². The van der Waals surface area contributed by atoms with E-state index >= 15 is 0 Å². The van der Waals surface area contributed by atoms with E-state index in [0.717, 1.165) is 0 Å². The van der Waals surface area contributed by atoms with Crippen molar-refractivity contribution in [2.24, 2.45) is 5.73 Å². The Morgan fingerprint density at radius 1 is 1.40 bits per heavy atom. The minimum atomic E-state index is -1.26. The molecular weight excluding hydrogens is 138 g/mol. The van der Waals surface area contributed by atoms with Gasteiger partial charge in [0.25, 0.3) is 0 Å². The van der Waals surface area contributed by atoms with Gasteiger partial charge < -0.3 is 21.1 Å². The Balaban J connectivity index is 3.61. The van der Waals surface area contributed by atoms with E-state index in [-0.39, 0.29) is 6.54 Å². The average molecular weight is 149 g/mol. The lowest BCUT2D eigenvalue weighted by Gasteiger charge is -2.12. The van der Waals surface area contributed by atoms with Crippen LogP contribution in [0.25, 0.3) is 0 Å². The number of hydrogen-bond acceptors (Lipinski definition) is 4. The van der Waals surface area contributed by atoms with Gasteiger partial charge in [0.1, 0.15) is 0 Å². The van der Waals surface area contributed by atoms with Gasteiger partial charge in [-0.05, 0) is 0 Å². The van der Waals surface area contributed by atoms with Crippen LogP contribution in [-0.4, -0.2) is 40.0 Å². The van der Waals surface area contributed by atoms with Gasteiger partial charge >= 0.3 is 5.97 Å². The molecule has 0 saturated carbocycles. The van der Waals surface area contributed by atoms with Crippen LogP contribution in [0.3, 0.4) is 0 Å². The van der Waals surface area contributed by atoms with Crippen LogP contribution < -0.4 is 5.73 Å². The third-order valence-corrected chi connectivity index (χ3v) is 1.07. The molecule has 2 atom stereocenters. The van der Waals surface area contributed by atoms with Gasteiger partial charge in [0.05, 0.1) is 18.6 Å². The van der Waals surface area contributed by atoms with E-state index < -0.39 is 24.6 Å². The van der Waals surface area contributed by atoms with Crippen LogP contribution in [0.5, 0.6) is 0 Å². The molecule has 0 fully saturated rings. The molecule has 5 heteroatoms. The van der Waals surface area contributed by atoms with Crippen molar-refractivity contribution in [2.45, 2.75) is 18.6 Å². The van der Waals surface area contributed by atoms with Gasteiger partial charge in [-0.3, -0.25) is 4.79 Å². The van der Waals surface area contributed by atoms with E-state index in [2.05, 4.69) is 0 Å². The number of hydrogen-bond donors (Lipinski definition) is 4. The molecule has 0 unspecified atom stereocenters. The summed E-state index contributed by atoms with van der Waals surface area (Å²) >= 11 is 0. The molecule has 0 aromatic rings. The molecule has 0 bridgehead atoms. The molecule has 0 spiro atoms. The average Bonchev–Trinajstić information content (AvgIpc) is 1.85. The largest absolute Gasteiger partial charge is 0.481 e. The fraction of sp³-hybridized carbons (Fsp3) is 0.800. The molecule has 0 amide bonds. The third-order valence-electron chi connectivity index (χ3n) is 1.07. The molecule has 5 N–H and O–H groups in total. The van der Waals surface area contributed by atoms with E-state index in [1.165, 1.54) is 0 Å². The first-order valence-electron chi connectivity index (χ1n) is 2.86. The molecule has 0 aromatic carbocycles. The maximum atomic E-state index is 9.92. The molecule has 0 aliphatic carbocycles. The van der Waals surface area contributed by atoms with Gasteiger partial charge in [0.2, 0.25) is 0 Å². The first-order valence-corrected chi connectivity index (χ1v) is 2.86. The second-order valence-electron chi connectivity index (χ2n) is 1.97. The number of carboxylic acids is 1. The van der Waals surface area contributed by atoms with Crippen molar-refractivity contribution in [1.82, 2.24) is 0 Å². The smallest absolute Gasteiger partial charge is 0.306 e. The van der Waals surface area contributed by atoms with Crippen molar-refractivity contribution in [3.8, 4) is 0 Å². The standard InChI is InChI=1S/C5H11NO4/c6-2-4(8)3(7)1-5(9)10/h3-4,7-8H,1-2,6H2,(H,9,10)/t3-,4+/m0/s1. The molecule has 0 aromatic heterocycles. The van der Waals surface area contributed by atoms with Gasteiger partial charge in [0, 0.05) is 6.54 Å². The minimum Gasteiger partial charge on any atom is -0.481 e. The van der Waals surface area contributed by atoms with Crippen molar-refractivity contribution in [3.05, 3.63) is 0 Å². The number of aliphatic hydroxyl groups is 2. The fourth-order valence-corrected chi connectivity index (χ4v) is 0.472. The Hall–Kier alpha value is -0.650. The predicted octanol–water partition coefficient (Wildman–Crippen LogP) is -1.86. The van der Waals surface area contributed by atoms with Crippen LogP contribution in [0.2, 0.25) is 0 Å². The van der Waals surface area contributed by atoms with Crippen molar-refractivity contribution >= 4 is 5.97 Å². The van der Waals surface area contributed by atoms with Gasteiger partial charge in [-0.1, -0.05) is 0 Å². The van der Waals surface area contributed by atoms with E-state index in [1.54, 1.807) is 0 Å². The Morgan fingerprint density at radius 3 is 2.20 bits per heavy atom. The highest BCUT2D eigenvalue weighted by atomic mass is 16.4. The zero-order valence-corrected chi connectivity index (χ0v) is 5.40. The molecule has 60 valence electrons. The summed E-state index contributed by atoms with van der Waals surface area (Å²) in [6, 6.07) is 0. The van der Waals surface area contributed by atoms with Crippen LogP contribution in [0, 0.1) is 0 Å². The van der Waals surface area contributed by atoms with E-state index in [4.69, 9.17) is 21.1 Å². The summed E-state index contributed by atoms with van der Waals surface area (Å²) in [5.41, 5.74) is 4.95. The summed E-state index contributed by atoms with van der Waals surface area (Å²) in [4.78, 5) is 9.92. The van der Waals surface area contributed by atoms with Crippen LogP contribution in [-0.2, 0) is 4.79 Å². The first-order chi connectivity index (χ1) is 4.57. The highest BCUT2D eigenvalue weighted by Gasteiger charge is 2.17. The van der Waals surface area contributed by atoms with Crippen LogP contribution in [0.4, 0.5) is 0 Å². The van der Waals surface area contributed by atoms with Crippen molar-refractivity contribution in [1.29, 1.82) is 0 Å². The van der Waals surface area contributed by atoms with Gasteiger partial charge in [0.15, 0.2) is 0 Å². The lowest BCUT2D eigenvalue weighted by atomic mass is 10.1. The van der Waals surface area contributed by atoms with Gasteiger partial charge in [-0.15, -0.1) is 0 Å². The van der Waals surface area contributed by atoms with Gasteiger partial charge in [-0.2, -0.15) is 0 Å². The summed E-state index contributed by atoms with van der Waals surface area (Å²) < 4.78 is 0. The molecule has 10 heavy (non-hydrogen) atoms. The molecular formula is C5H11NO4. The second-order valence-corrected chi connectivity index (χ2v) is 1.97. The molecule has 0 aliphatic heterocycles. The van der Waals surface area contributed by atoms with Crippen LogP contribution in [0.15, 0.2) is 0 Å². The maximum Gasteiger partial charge on any atom is 0.306 e. The fourth-order valence-electron chi connectivity index (χ4n) is 0.472. The maximum absolute atomic E-state index is 9.92. The molecule has 0 rings (SSSR count). The lowest BCUT2D eigenvalue weighted by Crippen LogP contribution is -2.34. The minimum absolute atomic E-state index is 0.131. The molecule has 0 saturated heterocycles. The highest BCUT2D eigenvalue weighted by Crippen LogP contribution is 1.96. The molecule has 5 nitrogen and oxygen atoms in total. The number of carbonyl (C=O) groups is 1. The zero-order valence-electron chi connectivity index (χ0n) is 5.40. The number of aliphatic hydroxyl groups excluding tert-OH is 2. The number of carboxylic acid groups (broad SMARTS) is 1. The monoisotopic (exact) mass is 149 g/mol. The SMILES string of the molecule is NC[C@@H](O)[C@@H](O)CC(=O)O. The van der Waals surface area contributed by atoms with Crippen molar-refractivity contribution in [2.75, 3.05) is 6.54 Å². The summed E-state index contributed by atoms with van der Waals surface area (Å²) in [7, 11) is 0. The summed E-state index contributed by atoms with van der Waals surface area (Å²) in [5, 5.41) is 25.6. The van der Waals surface area contributed by atoms with E-state index in [9.17, 15) is 4.79 Å². The van der Waals surface area contributed by atoms with Crippen LogP contribution in [0.1, 0.15) is 6.42 Å². The van der Waals surface area contributed by atoms with Crippen molar-refractivity contribution in [3.63, 3.8) is 0 Å². The summed E-state index contributed by atoms with van der Waals surface area (Å²) in [6.45, 7) is -0.131. The Kier molecular flexibility index (Phi) is 3.94. The Labute approximate surface area is 58.1 Å². The highest BCUT2D eigenvalue weighted by molar-refractivity contribution is 5.67. The normalized spacial score (nSPS) is 16.3. The number of aliphatic carboxylic acids is 1. The van der Waals surface area contributed by atoms with Gasteiger partial charge in [-0.25, -0.2) is 0 Å². The number of nitrogens with two attached hydrogens (primary N) is 1. The molecule has 0 aliphatic rings. The Bertz CT molecular complexity index is 116. The quantitative estimate of drug-likeness (QED) is 0.375. The number of rotatable bonds is 4. The first kappa shape index (κ1) is 9.35.